The van der Waals surface area contributed by atoms with Gasteiger partial charge in [-0.3, -0.25) is 0 Å². The first-order valence-corrected chi connectivity index (χ1v) is 16.2. The average molecular weight is 597 g/mol. The quantitative estimate of drug-likeness (QED) is 0.184. The summed E-state index contributed by atoms with van der Waals surface area (Å²) in [6.45, 7) is 0. The molecule has 0 radical (unpaired) electrons. The van der Waals surface area contributed by atoms with Gasteiger partial charge < -0.3 is 4.42 Å². The van der Waals surface area contributed by atoms with E-state index in [2.05, 4.69) is 164 Å². The highest BCUT2D eigenvalue weighted by molar-refractivity contribution is 6.28. The van der Waals surface area contributed by atoms with Gasteiger partial charge in [-0.15, -0.1) is 0 Å². The van der Waals surface area contributed by atoms with Crippen LogP contribution in [0.2, 0.25) is 0 Å². The lowest BCUT2D eigenvalue weighted by Crippen LogP contribution is -1.90. The third-order valence-corrected chi connectivity index (χ3v) is 9.84. The molecule has 0 saturated carbocycles. The Bertz CT molecular complexity index is 2750. The number of fused-ring (bicyclic) bond motifs is 3. The van der Waals surface area contributed by atoms with Gasteiger partial charge in [0.2, 0.25) is 0 Å². The maximum Gasteiger partial charge on any atom is 0.143 e. The van der Waals surface area contributed by atoms with Gasteiger partial charge >= 0.3 is 0 Å². The summed E-state index contributed by atoms with van der Waals surface area (Å²) in [7, 11) is 0. The number of hydrogen-bond acceptors (Lipinski definition) is 1. The molecule has 0 aliphatic rings. The summed E-state index contributed by atoms with van der Waals surface area (Å²) < 4.78 is 6.58. The Kier molecular flexibility index (Phi) is 5.64. The van der Waals surface area contributed by atoms with Crippen LogP contribution in [0.3, 0.4) is 0 Å². The summed E-state index contributed by atoms with van der Waals surface area (Å²) >= 11 is 0. The molecule has 9 aromatic carbocycles. The molecule has 0 unspecified atom stereocenters. The SMILES string of the molecule is c1ccc(-c2ccc(-c3cc(-c4ccc5ccc6c(-c7ccccc7)ccc7ccc4c5c76)cc4c3oc3ccccc34)cc2)cc1. The predicted octanol–water partition coefficient (Wildman–Crippen LogP) is 13.2. The van der Waals surface area contributed by atoms with Gasteiger partial charge in [0.25, 0.3) is 0 Å². The molecule has 1 heterocycles. The minimum atomic E-state index is 0.908. The molecule has 1 nitrogen and oxygen atoms in total. The second kappa shape index (κ2) is 10.2. The second-order valence-electron chi connectivity index (χ2n) is 12.5. The summed E-state index contributed by atoms with van der Waals surface area (Å²) in [6.07, 6.45) is 0. The molecule has 0 fully saturated rings. The summed E-state index contributed by atoms with van der Waals surface area (Å²) in [6, 6.07) is 61.5. The molecule has 1 aromatic heterocycles. The first-order valence-electron chi connectivity index (χ1n) is 16.2. The Labute approximate surface area is 272 Å². The minimum Gasteiger partial charge on any atom is -0.455 e. The Morgan fingerprint density at radius 3 is 1.49 bits per heavy atom. The zero-order chi connectivity index (χ0) is 30.9. The number of benzene rings is 9. The van der Waals surface area contributed by atoms with Crippen molar-refractivity contribution in [3.8, 4) is 44.5 Å². The van der Waals surface area contributed by atoms with Gasteiger partial charge in [0.05, 0.1) is 0 Å². The smallest absolute Gasteiger partial charge is 0.143 e. The highest BCUT2D eigenvalue weighted by Gasteiger charge is 2.19. The van der Waals surface area contributed by atoms with Crippen LogP contribution in [-0.2, 0) is 0 Å². The maximum atomic E-state index is 6.58. The predicted molar refractivity (Wildman–Crippen MR) is 199 cm³/mol. The van der Waals surface area contributed by atoms with Crippen LogP contribution in [0.5, 0.6) is 0 Å². The molecule has 10 rings (SSSR count). The van der Waals surface area contributed by atoms with Gasteiger partial charge in [0.15, 0.2) is 0 Å². The molecule has 218 valence electrons. The molecule has 0 N–H and O–H groups in total. The Hall–Kier alpha value is -6.18. The third-order valence-electron chi connectivity index (χ3n) is 9.84. The maximum absolute atomic E-state index is 6.58. The fraction of sp³-hybridized carbons (Fsp3) is 0. The standard InChI is InChI=1S/C46H28O/c1-3-9-29(10-4-1)30-15-17-32(18-16-30)41-27-35(28-42-38-13-7-8-14-43(38)47-46(41)42)37-24-20-34-21-25-39-36(31-11-5-2-6-12-31)23-19-33-22-26-40(37)45(34)44(33)39/h1-28H. The number of hydrogen-bond donors (Lipinski definition) is 0. The van der Waals surface area contributed by atoms with Gasteiger partial charge in [-0.25, -0.2) is 0 Å². The number of furan rings is 1. The molecule has 0 aliphatic carbocycles. The van der Waals surface area contributed by atoms with Crippen molar-refractivity contribution in [2.45, 2.75) is 0 Å². The third kappa shape index (κ3) is 4.03. The van der Waals surface area contributed by atoms with Crippen molar-refractivity contribution in [1.82, 2.24) is 0 Å². The van der Waals surface area contributed by atoms with E-state index in [9.17, 15) is 0 Å². The normalized spacial score (nSPS) is 11.8. The zero-order valence-electron chi connectivity index (χ0n) is 25.6. The van der Waals surface area contributed by atoms with Gasteiger partial charge in [-0.1, -0.05) is 152 Å². The minimum absolute atomic E-state index is 0.908. The molecule has 10 aromatic rings. The van der Waals surface area contributed by atoms with E-state index in [4.69, 9.17) is 4.42 Å². The van der Waals surface area contributed by atoms with Crippen LogP contribution in [0.25, 0.3) is 98.8 Å². The van der Waals surface area contributed by atoms with E-state index in [1.165, 1.54) is 65.7 Å². The van der Waals surface area contributed by atoms with Crippen LogP contribution < -0.4 is 0 Å². The Morgan fingerprint density at radius 1 is 0.298 bits per heavy atom. The number of para-hydroxylation sites is 1. The van der Waals surface area contributed by atoms with E-state index in [0.717, 1.165) is 33.1 Å². The van der Waals surface area contributed by atoms with Crippen molar-refractivity contribution >= 4 is 54.3 Å². The van der Waals surface area contributed by atoms with E-state index in [1.807, 2.05) is 6.07 Å². The van der Waals surface area contributed by atoms with Gasteiger partial charge in [0.1, 0.15) is 11.2 Å². The summed E-state index contributed by atoms with van der Waals surface area (Å²) in [5.41, 5.74) is 11.4. The van der Waals surface area contributed by atoms with Crippen molar-refractivity contribution in [3.63, 3.8) is 0 Å². The Balaban J connectivity index is 1.23. The average Bonchev–Trinajstić information content (AvgIpc) is 3.53. The van der Waals surface area contributed by atoms with Crippen LogP contribution >= 0.6 is 0 Å². The fourth-order valence-corrected chi connectivity index (χ4v) is 7.59. The molecule has 0 atom stereocenters. The van der Waals surface area contributed by atoms with Crippen molar-refractivity contribution < 1.29 is 4.42 Å². The van der Waals surface area contributed by atoms with E-state index < -0.39 is 0 Å². The summed E-state index contributed by atoms with van der Waals surface area (Å²) in [5, 5.41) is 10.0. The number of rotatable bonds is 4. The Morgan fingerprint density at radius 2 is 0.809 bits per heavy atom. The fourth-order valence-electron chi connectivity index (χ4n) is 7.59. The molecule has 47 heavy (non-hydrogen) atoms. The van der Waals surface area contributed by atoms with E-state index in [1.54, 1.807) is 0 Å². The topological polar surface area (TPSA) is 13.1 Å². The van der Waals surface area contributed by atoms with Crippen molar-refractivity contribution in [3.05, 3.63) is 170 Å². The molecule has 1 heteroatoms. The van der Waals surface area contributed by atoms with Gasteiger partial charge in [-0.05, 0) is 89.5 Å². The molecular formula is C46H28O. The van der Waals surface area contributed by atoms with Gasteiger partial charge in [-0.2, -0.15) is 0 Å². The van der Waals surface area contributed by atoms with Crippen LogP contribution in [0, 0.1) is 0 Å². The molecular weight excluding hydrogens is 569 g/mol. The van der Waals surface area contributed by atoms with E-state index in [-0.39, 0.29) is 0 Å². The molecule has 0 aliphatic heterocycles. The first-order chi connectivity index (χ1) is 23.3. The summed E-state index contributed by atoms with van der Waals surface area (Å²) in [5.74, 6) is 0. The van der Waals surface area contributed by atoms with Crippen molar-refractivity contribution in [2.75, 3.05) is 0 Å². The highest BCUT2D eigenvalue weighted by atomic mass is 16.3. The van der Waals surface area contributed by atoms with E-state index >= 15 is 0 Å². The molecule has 0 amide bonds. The lowest BCUT2D eigenvalue weighted by atomic mass is 9.86. The summed E-state index contributed by atoms with van der Waals surface area (Å²) in [4.78, 5) is 0. The molecule has 0 saturated heterocycles. The van der Waals surface area contributed by atoms with Crippen LogP contribution in [-0.4, -0.2) is 0 Å². The second-order valence-corrected chi connectivity index (χ2v) is 12.5. The van der Waals surface area contributed by atoms with Crippen molar-refractivity contribution in [1.29, 1.82) is 0 Å². The monoisotopic (exact) mass is 596 g/mol. The lowest BCUT2D eigenvalue weighted by molar-refractivity contribution is 0.670. The lowest BCUT2D eigenvalue weighted by Gasteiger charge is -2.17. The highest BCUT2D eigenvalue weighted by Crippen LogP contribution is 2.45. The van der Waals surface area contributed by atoms with Crippen LogP contribution in [0.1, 0.15) is 0 Å². The first kappa shape index (κ1) is 26.1. The van der Waals surface area contributed by atoms with Crippen LogP contribution in [0.15, 0.2) is 174 Å². The van der Waals surface area contributed by atoms with Gasteiger partial charge in [0, 0.05) is 16.3 Å². The molecule has 0 spiro atoms. The largest absolute Gasteiger partial charge is 0.455 e. The van der Waals surface area contributed by atoms with Crippen molar-refractivity contribution in [2.24, 2.45) is 0 Å². The zero-order valence-corrected chi connectivity index (χ0v) is 25.6. The van der Waals surface area contributed by atoms with E-state index in [0.29, 0.717) is 0 Å². The molecule has 0 bridgehead atoms. The van der Waals surface area contributed by atoms with Crippen LogP contribution in [0.4, 0.5) is 0 Å².